The van der Waals surface area contributed by atoms with Crippen LogP contribution in [0.15, 0.2) is 24.3 Å². The molecule has 0 atom stereocenters. The van der Waals surface area contributed by atoms with Gasteiger partial charge in [-0.05, 0) is 18.6 Å². The Morgan fingerprint density at radius 2 is 1.80 bits per heavy atom. The normalized spacial score (nSPS) is 9.50. The molecule has 0 saturated heterocycles. The molecule has 0 radical (unpaired) electrons. The van der Waals surface area contributed by atoms with E-state index >= 15 is 0 Å². The maximum Gasteiger partial charge on any atom is 0.0624 e. The molecule has 0 unspecified atom stereocenters. The molecule has 0 heterocycles. The quantitative estimate of drug-likeness (QED) is 0.703. The lowest BCUT2D eigenvalue weighted by molar-refractivity contribution is 1.45. The summed E-state index contributed by atoms with van der Waals surface area (Å²) in [7, 11) is 0. The maximum absolute atomic E-state index is 3.28. The molecular weight excluding hydrogens is 258 g/mol. The summed E-state index contributed by atoms with van der Waals surface area (Å²) >= 11 is 6.57. The van der Waals surface area contributed by atoms with Crippen molar-refractivity contribution in [3.63, 3.8) is 0 Å². The molecule has 0 aliphatic rings. The third-order valence-electron chi connectivity index (χ3n) is 1.30. The lowest BCUT2D eigenvalue weighted by Crippen LogP contribution is -1.91. The molecule has 0 aliphatic heterocycles. The van der Waals surface area contributed by atoms with Crippen molar-refractivity contribution in [3.05, 3.63) is 29.8 Å². The van der Waals surface area contributed by atoms with E-state index in [0.717, 1.165) is 5.69 Å². The van der Waals surface area contributed by atoms with Crippen LogP contribution in [-0.4, -0.2) is 0 Å². The maximum atomic E-state index is 3.28. The lowest BCUT2D eigenvalue weighted by Gasteiger charge is -2.08. The van der Waals surface area contributed by atoms with Gasteiger partial charge in [0.1, 0.15) is 0 Å². The van der Waals surface area contributed by atoms with Crippen LogP contribution < -0.4 is 2.95 Å². The van der Waals surface area contributed by atoms with Crippen molar-refractivity contribution in [3.8, 4) is 0 Å². The molecular formula is C7H7Br2N. The Kier molecular flexibility index (Phi) is 2.74. The summed E-state index contributed by atoms with van der Waals surface area (Å²) in [6.07, 6.45) is 0. The second-order valence-corrected chi connectivity index (χ2v) is 4.39. The zero-order valence-corrected chi connectivity index (χ0v) is 8.68. The average molecular weight is 265 g/mol. The number of aryl methyl sites for hydroxylation is 1. The minimum absolute atomic E-state index is 1.13. The second-order valence-electron chi connectivity index (χ2n) is 2.02. The number of para-hydroxylation sites is 1. The third-order valence-corrected chi connectivity index (χ3v) is 2.06. The molecule has 0 bridgehead atoms. The van der Waals surface area contributed by atoms with Crippen LogP contribution >= 0.6 is 32.3 Å². The van der Waals surface area contributed by atoms with Gasteiger partial charge in [0.05, 0.1) is 38.0 Å². The zero-order valence-electron chi connectivity index (χ0n) is 5.51. The predicted molar refractivity (Wildman–Crippen MR) is 51.5 cm³/mol. The SMILES string of the molecule is Cc1ccccc1N(Br)Br. The van der Waals surface area contributed by atoms with Crippen LogP contribution in [0.1, 0.15) is 5.56 Å². The average Bonchev–Trinajstić information content (AvgIpc) is 1.88. The van der Waals surface area contributed by atoms with Gasteiger partial charge in [0.2, 0.25) is 0 Å². The van der Waals surface area contributed by atoms with Gasteiger partial charge < -0.3 is 0 Å². The highest BCUT2D eigenvalue weighted by Crippen LogP contribution is 2.24. The first-order valence-corrected chi connectivity index (χ1v) is 4.31. The topological polar surface area (TPSA) is 3.24 Å². The molecule has 1 rings (SSSR count). The molecule has 54 valence electrons. The van der Waals surface area contributed by atoms with E-state index in [-0.39, 0.29) is 0 Å². The predicted octanol–water partition coefficient (Wildman–Crippen LogP) is 3.42. The number of benzene rings is 1. The molecule has 0 saturated carbocycles. The van der Waals surface area contributed by atoms with Crippen LogP contribution in [0.2, 0.25) is 0 Å². The zero-order chi connectivity index (χ0) is 7.56. The van der Waals surface area contributed by atoms with E-state index in [1.54, 1.807) is 2.95 Å². The molecule has 0 N–H and O–H groups in total. The van der Waals surface area contributed by atoms with E-state index in [1.165, 1.54) is 5.56 Å². The highest BCUT2D eigenvalue weighted by molar-refractivity contribution is 9.25. The van der Waals surface area contributed by atoms with Crippen molar-refractivity contribution in [1.82, 2.24) is 0 Å². The molecule has 1 nitrogen and oxygen atoms in total. The van der Waals surface area contributed by atoms with Gasteiger partial charge in [-0.25, -0.2) is 2.95 Å². The second kappa shape index (κ2) is 3.39. The third kappa shape index (κ3) is 1.73. The minimum atomic E-state index is 1.13. The summed E-state index contributed by atoms with van der Waals surface area (Å²) in [4.78, 5) is 0. The van der Waals surface area contributed by atoms with E-state index in [0.29, 0.717) is 0 Å². The first-order valence-electron chi connectivity index (χ1n) is 2.89. The minimum Gasteiger partial charge on any atom is -0.242 e. The highest BCUT2D eigenvalue weighted by Gasteiger charge is 1.99. The first kappa shape index (κ1) is 8.08. The number of nitrogens with zero attached hydrogens (tertiary/aromatic N) is 1. The fraction of sp³-hybridized carbons (Fsp3) is 0.143. The number of anilines is 1. The number of hydrogen-bond donors (Lipinski definition) is 0. The molecule has 0 spiro atoms. The van der Waals surface area contributed by atoms with E-state index < -0.39 is 0 Å². The van der Waals surface area contributed by atoms with Gasteiger partial charge in [-0.1, -0.05) is 18.2 Å². The lowest BCUT2D eigenvalue weighted by atomic mass is 10.2. The molecule has 1 aromatic rings. The Hall–Kier alpha value is -0.0200. The Balaban J connectivity index is 3.03. The van der Waals surface area contributed by atoms with Gasteiger partial charge in [-0.15, -0.1) is 0 Å². The summed E-state index contributed by atoms with van der Waals surface area (Å²) in [5.41, 5.74) is 2.36. The van der Waals surface area contributed by atoms with Crippen LogP contribution in [0.5, 0.6) is 0 Å². The van der Waals surface area contributed by atoms with E-state index in [2.05, 4.69) is 45.3 Å². The molecule has 10 heavy (non-hydrogen) atoms. The molecule has 3 heteroatoms. The number of hydrogen-bond acceptors (Lipinski definition) is 1. The van der Waals surface area contributed by atoms with Crippen LogP contribution in [0, 0.1) is 6.92 Å². The van der Waals surface area contributed by atoms with Crippen LogP contribution in [0.4, 0.5) is 5.69 Å². The molecule has 0 aromatic heterocycles. The van der Waals surface area contributed by atoms with Crippen molar-refractivity contribution in [1.29, 1.82) is 0 Å². The van der Waals surface area contributed by atoms with Crippen LogP contribution in [0.3, 0.4) is 0 Å². The Morgan fingerprint density at radius 1 is 1.20 bits per heavy atom. The molecule has 1 aromatic carbocycles. The van der Waals surface area contributed by atoms with Crippen molar-refractivity contribution >= 4 is 38.0 Å². The molecule has 0 aliphatic carbocycles. The molecule has 0 fully saturated rings. The van der Waals surface area contributed by atoms with Gasteiger partial charge in [0.15, 0.2) is 0 Å². The van der Waals surface area contributed by atoms with Crippen LogP contribution in [-0.2, 0) is 0 Å². The summed E-state index contributed by atoms with van der Waals surface area (Å²) in [6, 6.07) is 8.10. The van der Waals surface area contributed by atoms with Crippen LogP contribution in [0.25, 0.3) is 0 Å². The molecule has 0 amide bonds. The van der Waals surface area contributed by atoms with E-state index in [4.69, 9.17) is 0 Å². The highest BCUT2D eigenvalue weighted by atomic mass is 79.9. The largest absolute Gasteiger partial charge is 0.242 e. The fourth-order valence-corrected chi connectivity index (χ4v) is 1.55. The Bertz CT molecular complexity index is 223. The number of rotatable bonds is 1. The van der Waals surface area contributed by atoms with Gasteiger partial charge in [0, 0.05) is 0 Å². The summed E-state index contributed by atoms with van der Waals surface area (Å²) in [5, 5.41) is 0. The van der Waals surface area contributed by atoms with Crippen molar-refractivity contribution < 1.29 is 0 Å². The van der Waals surface area contributed by atoms with E-state index in [9.17, 15) is 0 Å². The Morgan fingerprint density at radius 3 is 2.20 bits per heavy atom. The van der Waals surface area contributed by atoms with Crippen molar-refractivity contribution in [2.75, 3.05) is 2.95 Å². The summed E-state index contributed by atoms with van der Waals surface area (Å²) < 4.78 is 1.75. The monoisotopic (exact) mass is 263 g/mol. The summed E-state index contributed by atoms with van der Waals surface area (Å²) in [6.45, 7) is 2.06. The first-order chi connectivity index (χ1) is 4.72. The van der Waals surface area contributed by atoms with Gasteiger partial charge in [-0.3, -0.25) is 0 Å². The van der Waals surface area contributed by atoms with Gasteiger partial charge in [0.25, 0.3) is 0 Å². The Labute approximate surface area is 77.7 Å². The smallest absolute Gasteiger partial charge is 0.0624 e. The standard InChI is InChI=1S/C7H7Br2N/c1-6-4-2-3-5-7(6)10(8)9/h2-5H,1H3. The number of halogens is 2. The van der Waals surface area contributed by atoms with Crippen molar-refractivity contribution in [2.24, 2.45) is 0 Å². The van der Waals surface area contributed by atoms with Gasteiger partial charge in [-0.2, -0.15) is 0 Å². The summed E-state index contributed by atoms with van der Waals surface area (Å²) in [5.74, 6) is 0. The van der Waals surface area contributed by atoms with Gasteiger partial charge >= 0.3 is 0 Å². The van der Waals surface area contributed by atoms with E-state index in [1.807, 2.05) is 18.2 Å². The fourth-order valence-electron chi connectivity index (χ4n) is 0.753. The van der Waals surface area contributed by atoms with Crippen molar-refractivity contribution in [2.45, 2.75) is 6.92 Å².